The molecule has 1 aromatic heterocycles. The monoisotopic (exact) mass is 397 g/mol. The van der Waals surface area contributed by atoms with E-state index >= 15 is 0 Å². The molecule has 9 nitrogen and oxygen atoms in total. The van der Waals surface area contributed by atoms with Crippen molar-refractivity contribution in [2.45, 2.75) is 25.3 Å². The number of hydroxylamine groups is 1. The van der Waals surface area contributed by atoms with Crippen LogP contribution < -0.4 is 10.2 Å². The molecule has 1 aliphatic carbocycles. The van der Waals surface area contributed by atoms with E-state index in [-0.39, 0.29) is 35.9 Å². The lowest BCUT2D eigenvalue weighted by Gasteiger charge is -2.27. The second kappa shape index (κ2) is 8.01. The van der Waals surface area contributed by atoms with Crippen molar-refractivity contribution in [3.05, 3.63) is 40.8 Å². The summed E-state index contributed by atoms with van der Waals surface area (Å²) in [5, 5.41) is 16.8. The molecule has 0 radical (unpaired) electrons. The summed E-state index contributed by atoms with van der Waals surface area (Å²) in [5.41, 5.74) is 3.81. The van der Waals surface area contributed by atoms with E-state index < -0.39 is 9.73 Å². The van der Waals surface area contributed by atoms with Gasteiger partial charge in [-0.3, -0.25) is 24.7 Å². The maximum atomic E-state index is 13.4. The van der Waals surface area contributed by atoms with E-state index in [0.29, 0.717) is 25.0 Å². The first-order valence-corrected chi connectivity index (χ1v) is 10.4. The van der Waals surface area contributed by atoms with Crippen molar-refractivity contribution in [1.82, 2.24) is 15.8 Å². The van der Waals surface area contributed by atoms with Crippen LogP contribution in [0.2, 0.25) is 0 Å². The van der Waals surface area contributed by atoms with Gasteiger partial charge in [0, 0.05) is 21.7 Å². The number of rotatable bonds is 8. The fourth-order valence-corrected chi connectivity index (χ4v) is 3.49. The van der Waals surface area contributed by atoms with Crippen LogP contribution in [0.15, 0.2) is 27.8 Å². The summed E-state index contributed by atoms with van der Waals surface area (Å²) in [4.78, 5) is 4.35. The van der Waals surface area contributed by atoms with Crippen molar-refractivity contribution in [3.8, 4) is 5.88 Å². The van der Waals surface area contributed by atoms with Crippen LogP contribution in [-0.4, -0.2) is 44.2 Å². The molecule has 0 saturated heterocycles. The van der Waals surface area contributed by atoms with E-state index in [9.17, 15) is 13.8 Å². The molecule has 0 amide bonds. The van der Waals surface area contributed by atoms with Crippen molar-refractivity contribution >= 4 is 15.6 Å². The second-order valence-electron chi connectivity index (χ2n) is 6.34. The molecule has 0 fully saturated rings. The van der Waals surface area contributed by atoms with Gasteiger partial charge in [0.05, 0.1) is 12.6 Å². The second-order valence-corrected chi connectivity index (χ2v) is 8.75. The van der Waals surface area contributed by atoms with Crippen molar-refractivity contribution in [2.75, 3.05) is 18.6 Å². The summed E-state index contributed by atoms with van der Waals surface area (Å²) in [5.74, 6) is 0.0112. The molecule has 0 spiro atoms. The van der Waals surface area contributed by atoms with Crippen molar-refractivity contribution < 1.29 is 23.2 Å². The fourth-order valence-electron chi connectivity index (χ4n) is 2.73. The minimum absolute atomic E-state index is 0.00824. The van der Waals surface area contributed by atoms with E-state index in [1.54, 1.807) is 6.07 Å². The number of hydrogen-bond acceptors (Lipinski definition) is 8. The molecule has 3 rings (SSSR count). The van der Waals surface area contributed by atoms with Gasteiger partial charge in [0.25, 0.3) is 5.88 Å². The Labute approximate surface area is 155 Å². The molecule has 11 heteroatoms. The number of fused-ring (bicyclic) bond motifs is 1. The zero-order valence-corrected chi connectivity index (χ0v) is 15.5. The lowest BCUT2D eigenvalue weighted by Crippen LogP contribution is -2.25. The Morgan fingerprint density at radius 1 is 1.52 bits per heavy atom. The number of aromatic nitrogens is 2. The van der Waals surface area contributed by atoms with Gasteiger partial charge in [0.1, 0.15) is 5.82 Å². The summed E-state index contributed by atoms with van der Waals surface area (Å²) >= 11 is 0. The lowest BCUT2D eigenvalue weighted by atomic mass is 9.83. The Morgan fingerprint density at radius 3 is 3.07 bits per heavy atom. The van der Waals surface area contributed by atoms with E-state index in [4.69, 9.17) is 9.52 Å². The summed E-state index contributed by atoms with van der Waals surface area (Å²) in [6.07, 6.45) is 3.16. The van der Waals surface area contributed by atoms with Crippen LogP contribution >= 0.6 is 0 Å². The fraction of sp³-hybridized carbons (Fsp3) is 0.438. The normalized spacial score (nSPS) is 18.3. The molecule has 27 heavy (non-hydrogen) atoms. The first-order chi connectivity index (χ1) is 12.9. The van der Waals surface area contributed by atoms with Crippen LogP contribution in [-0.2, 0) is 16.1 Å². The van der Waals surface area contributed by atoms with Crippen LogP contribution in [0.3, 0.4) is 0 Å². The van der Waals surface area contributed by atoms with Crippen LogP contribution in [0, 0.1) is 10.6 Å². The number of nitrogens with one attached hydrogen (secondary N) is 2. The van der Waals surface area contributed by atoms with Crippen molar-refractivity contribution in [3.63, 3.8) is 0 Å². The molecule has 0 aliphatic heterocycles. The van der Waals surface area contributed by atoms with E-state index in [1.807, 2.05) is 5.48 Å². The van der Waals surface area contributed by atoms with Gasteiger partial charge in [-0.1, -0.05) is 6.07 Å². The highest BCUT2D eigenvalue weighted by atomic mass is 32.2. The zero-order valence-electron chi connectivity index (χ0n) is 14.6. The van der Waals surface area contributed by atoms with Gasteiger partial charge < -0.3 is 4.74 Å². The van der Waals surface area contributed by atoms with Crippen LogP contribution in [0.4, 0.5) is 4.39 Å². The molecule has 1 heterocycles. The average molecular weight is 397 g/mol. The van der Waals surface area contributed by atoms with E-state index in [2.05, 4.69) is 19.9 Å². The van der Waals surface area contributed by atoms with Gasteiger partial charge in [-0.2, -0.15) is 0 Å². The molecule has 0 bridgehead atoms. The van der Waals surface area contributed by atoms with Gasteiger partial charge in [-0.25, -0.2) is 9.02 Å². The third kappa shape index (κ3) is 4.80. The highest BCUT2D eigenvalue weighted by Gasteiger charge is 2.28. The third-order valence-corrected chi connectivity index (χ3v) is 5.19. The first-order valence-electron chi connectivity index (χ1n) is 8.31. The Bertz CT molecular complexity index is 944. The van der Waals surface area contributed by atoms with E-state index in [1.165, 1.54) is 18.4 Å². The number of unbranched alkanes of at least 4 members (excludes halogenated alkanes) is 1. The number of aliphatic imine (C=N–C) groups is 1. The summed E-state index contributed by atoms with van der Waals surface area (Å²) in [6, 6.07) is 4.21. The summed E-state index contributed by atoms with van der Waals surface area (Å²) < 4.78 is 42.2. The lowest BCUT2D eigenvalue weighted by molar-refractivity contribution is 0.232. The van der Waals surface area contributed by atoms with Crippen molar-refractivity contribution in [1.29, 1.82) is 4.78 Å². The molecule has 2 aromatic rings. The molecule has 0 unspecified atom stereocenters. The van der Waals surface area contributed by atoms with Gasteiger partial charge >= 0.3 is 0 Å². The van der Waals surface area contributed by atoms with Gasteiger partial charge in [-0.15, -0.1) is 0 Å². The van der Waals surface area contributed by atoms with Crippen molar-refractivity contribution in [2.24, 2.45) is 4.99 Å². The predicted octanol–water partition coefficient (Wildman–Crippen LogP) is 2.07. The molecule has 2 atom stereocenters. The number of hydrogen-bond donors (Lipinski definition) is 3. The minimum Gasteiger partial charge on any atom is -0.474 e. The average Bonchev–Trinajstić information content (AvgIpc) is 3.05. The predicted molar refractivity (Wildman–Crippen MR) is 95.0 cm³/mol. The number of benzene rings is 1. The number of halogens is 1. The molecular weight excluding hydrogens is 377 g/mol. The van der Waals surface area contributed by atoms with Crippen LogP contribution in [0.25, 0.3) is 0 Å². The number of nitrogens with zero attached hydrogens (tertiary/aromatic N) is 3. The summed E-state index contributed by atoms with van der Waals surface area (Å²) in [6.45, 7) is 0.257. The van der Waals surface area contributed by atoms with Gasteiger partial charge in [0.2, 0.25) is 5.69 Å². The number of amidine groups is 1. The van der Waals surface area contributed by atoms with Gasteiger partial charge in [-0.05, 0) is 52.8 Å². The molecule has 146 valence electrons. The van der Waals surface area contributed by atoms with Crippen LogP contribution in [0.5, 0.6) is 5.88 Å². The largest absolute Gasteiger partial charge is 0.474 e. The third-order valence-electron chi connectivity index (χ3n) is 4.12. The standard InChI is InChI=1S/C16H20FN5O4S/c1-27(18,24)7-3-2-6-25-16-14(21-26-22-16)15(20-23)19-13-8-10-4-5-11(17)9-12(10)13/h4-5,9,13,18,23H,2-3,6-8H2,1H3,(H,19,20)/t13-,27-/m0/s1. The van der Waals surface area contributed by atoms with E-state index in [0.717, 1.165) is 11.1 Å². The highest BCUT2D eigenvalue weighted by Crippen LogP contribution is 2.37. The highest BCUT2D eigenvalue weighted by molar-refractivity contribution is 7.91. The summed E-state index contributed by atoms with van der Waals surface area (Å²) in [7, 11) is -2.51. The quantitative estimate of drug-likeness (QED) is 0.269. The zero-order chi connectivity index (χ0) is 19.4. The smallest absolute Gasteiger partial charge is 0.287 e. The number of ether oxygens (including phenoxy) is 1. The van der Waals surface area contributed by atoms with Crippen LogP contribution in [0.1, 0.15) is 35.7 Å². The molecular formula is C16H20FN5O4S. The maximum absolute atomic E-state index is 13.4. The first kappa shape index (κ1) is 19.2. The molecule has 1 aromatic carbocycles. The molecule has 3 N–H and O–H groups in total. The minimum atomic E-state index is -2.51. The Kier molecular flexibility index (Phi) is 5.71. The molecule has 0 saturated carbocycles. The maximum Gasteiger partial charge on any atom is 0.287 e. The SMILES string of the molecule is C[S@](=N)(=O)CCCCOc1nonc1C(=N[C@H]1Cc2ccc(F)cc21)NO. The topological polar surface area (TPSA) is 134 Å². The Balaban J connectivity index is 1.64. The Morgan fingerprint density at radius 2 is 2.33 bits per heavy atom. The molecule has 1 aliphatic rings. The Hall–Kier alpha value is -2.53. The van der Waals surface area contributed by atoms with Gasteiger partial charge in [0.15, 0.2) is 5.84 Å².